The standard InChI is InChI=1S/C33H44N4O8/c1-9-20-17-33(20,29(40)41)36-27(38)24-16-21(43-25-14-15-34-23-13-11-10-12-22(23)25)18-37(24)28(39)26(19(2)44-31(3,4)5)35-30(42)45-32(6,7)8/h9-15,19-21,24,26H,1,16-18H2,2-8H3,(H,35,42)(H,36,38)(H,40,41). The lowest BCUT2D eigenvalue weighted by atomic mass is 10.1. The Hall–Kier alpha value is -4.19. The fourth-order valence-corrected chi connectivity index (χ4v) is 5.66. The normalized spacial score (nSPS) is 24.3. The van der Waals surface area contributed by atoms with Crippen molar-refractivity contribution < 1.29 is 38.5 Å². The monoisotopic (exact) mass is 624 g/mol. The van der Waals surface area contributed by atoms with Crippen LogP contribution in [0.3, 0.4) is 0 Å². The lowest BCUT2D eigenvalue weighted by Crippen LogP contribution is -2.59. The summed E-state index contributed by atoms with van der Waals surface area (Å²) in [4.78, 5) is 58.9. The van der Waals surface area contributed by atoms with E-state index in [2.05, 4.69) is 22.2 Å². The number of amides is 3. The largest absolute Gasteiger partial charge is 0.488 e. The Morgan fingerprint density at radius 3 is 2.40 bits per heavy atom. The quantitative estimate of drug-likeness (QED) is 0.334. The van der Waals surface area contributed by atoms with Crippen LogP contribution >= 0.6 is 0 Å². The highest BCUT2D eigenvalue weighted by Crippen LogP contribution is 2.45. The minimum atomic E-state index is -1.50. The number of pyridine rings is 1. The average Bonchev–Trinajstić information content (AvgIpc) is 3.49. The van der Waals surface area contributed by atoms with Gasteiger partial charge >= 0.3 is 12.1 Å². The molecule has 45 heavy (non-hydrogen) atoms. The Bertz CT molecular complexity index is 1460. The van der Waals surface area contributed by atoms with Crippen molar-refractivity contribution in [2.24, 2.45) is 5.92 Å². The topological polar surface area (TPSA) is 156 Å². The molecule has 4 rings (SSSR count). The molecule has 2 fully saturated rings. The van der Waals surface area contributed by atoms with Gasteiger partial charge in [-0.25, -0.2) is 9.59 Å². The molecule has 1 aliphatic heterocycles. The summed E-state index contributed by atoms with van der Waals surface area (Å²) in [7, 11) is 0. The first-order chi connectivity index (χ1) is 20.9. The number of carboxylic acids is 1. The second kappa shape index (κ2) is 12.7. The number of aromatic nitrogens is 1. The second-order valence-corrected chi connectivity index (χ2v) is 13.7. The van der Waals surface area contributed by atoms with Gasteiger partial charge in [0.15, 0.2) is 0 Å². The van der Waals surface area contributed by atoms with E-state index in [1.54, 1.807) is 40.0 Å². The van der Waals surface area contributed by atoms with Crippen molar-refractivity contribution in [3.63, 3.8) is 0 Å². The number of carbonyl (C=O) groups excluding carboxylic acids is 3. The number of aliphatic carboxylic acids is 1. The van der Waals surface area contributed by atoms with Crippen molar-refractivity contribution in [1.29, 1.82) is 0 Å². The molecule has 1 aliphatic carbocycles. The van der Waals surface area contributed by atoms with Gasteiger partial charge in [0, 0.05) is 23.9 Å². The van der Waals surface area contributed by atoms with Crippen molar-refractivity contribution in [2.45, 2.75) is 102 Å². The molecule has 6 unspecified atom stereocenters. The molecule has 2 aromatic rings. The SMILES string of the molecule is C=CC1CC1(NC(=O)C1CC(Oc2ccnc3ccccc23)CN1C(=O)C(NC(=O)OC(C)(C)C)C(C)OC(C)(C)C)C(=O)O. The first kappa shape index (κ1) is 33.7. The van der Waals surface area contributed by atoms with Crippen LogP contribution in [-0.4, -0.2) is 86.4 Å². The summed E-state index contributed by atoms with van der Waals surface area (Å²) in [6, 6.07) is 6.83. The molecule has 6 atom stereocenters. The zero-order chi connectivity index (χ0) is 33.3. The van der Waals surface area contributed by atoms with Crippen LogP contribution in [0.1, 0.15) is 61.3 Å². The fourth-order valence-electron chi connectivity index (χ4n) is 5.66. The molecule has 0 bridgehead atoms. The lowest BCUT2D eigenvalue weighted by Gasteiger charge is -2.35. The molecule has 244 valence electrons. The number of rotatable bonds is 10. The maximum atomic E-state index is 14.3. The van der Waals surface area contributed by atoms with Gasteiger partial charge in [-0.2, -0.15) is 0 Å². The predicted molar refractivity (Wildman–Crippen MR) is 167 cm³/mol. The predicted octanol–water partition coefficient (Wildman–Crippen LogP) is 3.83. The molecule has 0 spiro atoms. The van der Waals surface area contributed by atoms with Gasteiger partial charge < -0.3 is 34.9 Å². The number of ether oxygens (including phenoxy) is 3. The van der Waals surface area contributed by atoms with Crippen LogP contribution in [-0.2, 0) is 23.9 Å². The van der Waals surface area contributed by atoms with E-state index in [9.17, 15) is 24.3 Å². The molecule has 0 radical (unpaired) electrons. The van der Waals surface area contributed by atoms with E-state index in [-0.39, 0.29) is 19.4 Å². The molecule has 1 aromatic heterocycles. The van der Waals surface area contributed by atoms with Gasteiger partial charge in [0.25, 0.3) is 0 Å². The van der Waals surface area contributed by atoms with Crippen LogP contribution in [0.5, 0.6) is 5.75 Å². The number of likely N-dealkylation sites (tertiary alicyclic amines) is 1. The first-order valence-electron chi connectivity index (χ1n) is 15.1. The molecule has 3 amide bonds. The van der Waals surface area contributed by atoms with E-state index >= 15 is 0 Å². The third-order valence-corrected chi connectivity index (χ3v) is 7.73. The summed E-state index contributed by atoms with van der Waals surface area (Å²) in [5.74, 6) is -2.32. The van der Waals surface area contributed by atoms with Gasteiger partial charge in [-0.15, -0.1) is 6.58 Å². The maximum Gasteiger partial charge on any atom is 0.408 e. The number of carboxylic acid groups (broad SMARTS) is 1. The fraction of sp³-hybridized carbons (Fsp3) is 0.545. The lowest BCUT2D eigenvalue weighted by molar-refractivity contribution is -0.148. The molecule has 3 N–H and O–H groups in total. The Labute approximate surface area is 263 Å². The van der Waals surface area contributed by atoms with Gasteiger partial charge in [0.1, 0.15) is 35.1 Å². The average molecular weight is 625 g/mol. The molecule has 1 saturated heterocycles. The van der Waals surface area contributed by atoms with Crippen LogP contribution in [0.4, 0.5) is 4.79 Å². The highest BCUT2D eigenvalue weighted by atomic mass is 16.6. The third-order valence-electron chi connectivity index (χ3n) is 7.73. The van der Waals surface area contributed by atoms with E-state index in [0.29, 0.717) is 5.75 Å². The molecule has 1 aromatic carbocycles. The number of hydrogen-bond donors (Lipinski definition) is 3. The van der Waals surface area contributed by atoms with Gasteiger partial charge in [-0.05, 0) is 73.1 Å². The highest BCUT2D eigenvalue weighted by Gasteiger charge is 2.61. The van der Waals surface area contributed by atoms with Crippen molar-refractivity contribution >= 4 is 34.8 Å². The number of nitrogens with one attached hydrogen (secondary N) is 2. The van der Waals surface area contributed by atoms with Crippen molar-refractivity contribution in [1.82, 2.24) is 20.5 Å². The summed E-state index contributed by atoms with van der Waals surface area (Å²) >= 11 is 0. The van der Waals surface area contributed by atoms with Gasteiger partial charge in [-0.1, -0.05) is 18.2 Å². The molecular formula is C33H44N4O8. The van der Waals surface area contributed by atoms with Gasteiger partial charge in [-0.3, -0.25) is 14.6 Å². The summed E-state index contributed by atoms with van der Waals surface area (Å²) < 4.78 is 17.9. The van der Waals surface area contributed by atoms with Crippen LogP contribution in [0.2, 0.25) is 0 Å². The Morgan fingerprint density at radius 1 is 1.11 bits per heavy atom. The Morgan fingerprint density at radius 2 is 1.80 bits per heavy atom. The third kappa shape index (κ3) is 7.91. The van der Waals surface area contributed by atoms with E-state index in [4.69, 9.17) is 14.2 Å². The van der Waals surface area contributed by atoms with E-state index in [1.807, 2.05) is 45.0 Å². The zero-order valence-electron chi connectivity index (χ0n) is 27.0. The maximum absolute atomic E-state index is 14.3. The number of carbonyl (C=O) groups is 4. The van der Waals surface area contributed by atoms with Crippen molar-refractivity contribution in [3.8, 4) is 5.75 Å². The minimum absolute atomic E-state index is 0.00668. The summed E-state index contributed by atoms with van der Waals surface area (Å²) in [5, 5.41) is 16.0. The molecule has 12 nitrogen and oxygen atoms in total. The molecule has 1 saturated carbocycles. The molecule has 2 aliphatic rings. The Kier molecular flexibility index (Phi) is 9.48. The van der Waals surface area contributed by atoms with Crippen LogP contribution < -0.4 is 15.4 Å². The van der Waals surface area contributed by atoms with E-state index in [0.717, 1.165) is 10.9 Å². The zero-order valence-corrected chi connectivity index (χ0v) is 27.0. The summed E-state index contributed by atoms with van der Waals surface area (Å²) in [6.07, 6.45) is 1.11. The second-order valence-electron chi connectivity index (χ2n) is 13.7. The summed E-state index contributed by atoms with van der Waals surface area (Å²) in [6.45, 7) is 15.9. The number of para-hydroxylation sites is 1. The molecular weight excluding hydrogens is 580 g/mol. The Balaban J connectivity index is 1.66. The van der Waals surface area contributed by atoms with Crippen molar-refractivity contribution in [2.75, 3.05) is 6.54 Å². The smallest absolute Gasteiger partial charge is 0.408 e. The van der Waals surface area contributed by atoms with Crippen LogP contribution in [0, 0.1) is 5.92 Å². The minimum Gasteiger partial charge on any atom is -0.488 e. The van der Waals surface area contributed by atoms with E-state index < -0.39 is 70.8 Å². The molecule has 12 heteroatoms. The van der Waals surface area contributed by atoms with Crippen LogP contribution in [0.25, 0.3) is 10.9 Å². The van der Waals surface area contributed by atoms with Crippen LogP contribution in [0.15, 0.2) is 49.2 Å². The summed E-state index contributed by atoms with van der Waals surface area (Å²) in [5.41, 5.74) is -2.27. The number of nitrogens with zero attached hydrogens (tertiary/aromatic N) is 2. The number of fused-ring (bicyclic) bond motifs is 1. The first-order valence-corrected chi connectivity index (χ1v) is 15.1. The molecule has 2 heterocycles. The number of benzene rings is 1. The number of hydrogen-bond acceptors (Lipinski definition) is 8. The number of alkyl carbamates (subject to hydrolysis) is 1. The van der Waals surface area contributed by atoms with E-state index in [1.165, 1.54) is 11.0 Å². The highest BCUT2D eigenvalue weighted by molar-refractivity contribution is 5.96. The van der Waals surface area contributed by atoms with Gasteiger partial charge in [0.2, 0.25) is 11.8 Å². The van der Waals surface area contributed by atoms with Gasteiger partial charge in [0.05, 0.1) is 23.8 Å². The van der Waals surface area contributed by atoms with Crippen molar-refractivity contribution in [3.05, 3.63) is 49.2 Å².